The summed E-state index contributed by atoms with van der Waals surface area (Å²) in [5.41, 5.74) is 0.168. The maximum Gasteiger partial charge on any atom is 0.410 e. The molecule has 2 unspecified atom stereocenters. The number of nitrogens with one attached hydrogen (secondary N) is 1. The van der Waals surface area contributed by atoms with Crippen LogP contribution in [-0.2, 0) is 4.74 Å². The fraction of sp³-hybridized carbons (Fsp3) is 0.944. The first-order valence-corrected chi connectivity index (χ1v) is 8.96. The third-order valence-corrected chi connectivity index (χ3v) is 5.32. The molecule has 0 aromatic heterocycles. The van der Waals surface area contributed by atoms with Gasteiger partial charge in [-0.3, -0.25) is 0 Å². The maximum absolute atomic E-state index is 12.2. The van der Waals surface area contributed by atoms with E-state index in [4.69, 9.17) is 4.74 Å². The normalized spacial score (nSPS) is 25.7. The summed E-state index contributed by atoms with van der Waals surface area (Å²) in [5.74, 6) is 0.536. The molecule has 2 atom stereocenters. The zero-order valence-corrected chi connectivity index (χ0v) is 15.1. The van der Waals surface area contributed by atoms with Crippen LogP contribution in [0.3, 0.4) is 0 Å². The average molecular weight is 310 g/mol. The highest BCUT2D eigenvalue weighted by Crippen LogP contribution is 2.48. The van der Waals surface area contributed by atoms with E-state index in [2.05, 4.69) is 19.2 Å². The Labute approximate surface area is 136 Å². The van der Waals surface area contributed by atoms with Crippen LogP contribution < -0.4 is 5.32 Å². The monoisotopic (exact) mass is 310 g/mol. The first-order valence-electron chi connectivity index (χ1n) is 8.96. The van der Waals surface area contributed by atoms with Gasteiger partial charge in [0.2, 0.25) is 0 Å². The molecule has 4 heteroatoms. The van der Waals surface area contributed by atoms with Crippen molar-refractivity contribution in [2.24, 2.45) is 11.3 Å². The van der Waals surface area contributed by atoms with E-state index in [1.807, 2.05) is 25.7 Å². The molecule has 22 heavy (non-hydrogen) atoms. The van der Waals surface area contributed by atoms with E-state index < -0.39 is 5.60 Å². The Morgan fingerprint density at radius 1 is 1.41 bits per heavy atom. The third-order valence-electron chi connectivity index (χ3n) is 5.32. The Morgan fingerprint density at radius 2 is 2.09 bits per heavy atom. The number of likely N-dealkylation sites (tertiary alicyclic amines) is 1. The number of hydrogen-bond acceptors (Lipinski definition) is 3. The lowest BCUT2D eigenvalue weighted by Gasteiger charge is -2.37. The first kappa shape index (κ1) is 17.6. The lowest BCUT2D eigenvalue weighted by atomic mass is 9.91. The number of carbonyl (C=O) groups is 1. The van der Waals surface area contributed by atoms with Crippen molar-refractivity contribution >= 4 is 6.09 Å². The van der Waals surface area contributed by atoms with Crippen LogP contribution in [0.4, 0.5) is 4.79 Å². The fourth-order valence-corrected chi connectivity index (χ4v) is 3.29. The van der Waals surface area contributed by atoms with Crippen LogP contribution in [0.15, 0.2) is 0 Å². The molecule has 1 N–H and O–H groups in total. The van der Waals surface area contributed by atoms with Crippen molar-refractivity contribution in [3.05, 3.63) is 0 Å². The van der Waals surface area contributed by atoms with Gasteiger partial charge in [0.1, 0.15) is 5.60 Å². The molecule has 2 fully saturated rings. The van der Waals surface area contributed by atoms with Crippen molar-refractivity contribution in [3.8, 4) is 0 Å². The summed E-state index contributed by atoms with van der Waals surface area (Å²) >= 11 is 0. The minimum absolute atomic E-state index is 0.156. The second kappa shape index (κ2) is 6.77. The molecule has 1 saturated carbocycles. The van der Waals surface area contributed by atoms with E-state index in [1.165, 1.54) is 25.7 Å². The van der Waals surface area contributed by atoms with Crippen LogP contribution in [-0.4, -0.2) is 42.3 Å². The zero-order chi connectivity index (χ0) is 16.4. The highest BCUT2D eigenvalue weighted by atomic mass is 16.6. The highest BCUT2D eigenvalue weighted by molar-refractivity contribution is 5.68. The molecule has 0 bridgehead atoms. The molecule has 128 valence electrons. The molecule has 0 aromatic carbocycles. The first-order chi connectivity index (χ1) is 10.2. The summed E-state index contributed by atoms with van der Waals surface area (Å²) in [5, 5.41) is 3.73. The lowest BCUT2D eigenvalue weighted by molar-refractivity contribution is 0.0147. The van der Waals surface area contributed by atoms with E-state index in [0.717, 1.165) is 26.1 Å². The van der Waals surface area contributed by atoms with Crippen LogP contribution in [0.5, 0.6) is 0 Å². The van der Waals surface area contributed by atoms with Crippen molar-refractivity contribution in [3.63, 3.8) is 0 Å². The van der Waals surface area contributed by atoms with Crippen LogP contribution in [0.2, 0.25) is 0 Å². The molecular weight excluding hydrogens is 276 g/mol. The van der Waals surface area contributed by atoms with Gasteiger partial charge in [0, 0.05) is 25.7 Å². The van der Waals surface area contributed by atoms with Gasteiger partial charge in [0.15, 0.2) is 0 Å². The number of nitrogens with zero attached hydrogens (tertiary/aromatic N) is 1. The largest absolute Gasteiger partial charge is 0.444 e. The Bertz CT molecular complexity index is 385. The minimum Gasteiger partial charge on any atom is -0.444 e. The molecule has 1 amide bonds. The van der Waals surface area contributed by atoms with Gasteiger partial charge < -0.3 is 15.0 Å². The van der Waals surface area contributed by atoms with Crippen molar-refractivity contribution in [1.82, 2.24) is 10.2 Å². The quantitative estimate of drug-likeness (QED) is 0.839. The standard InChI is InChI=1S/C18H34N2O2/c1-6-18(9-10-18)13-19-14(2)15-8-7-11-20(12-15)16(21)22-17(3,4)5/h14-15,19H,6-13H2,1-5H3. The number of piperidine rings is 1. The van der Waals surface area contributed by atoms with Gasteiger partial charge in [-0.25, -0.2) is 4.79 Å². The minimum atomic E-state index is -0.409. The molecule has 0 radical (unpaired) electrons. The average Bonchev–Trinajstić information content (AvgIpc) is 3.24. The topological polar surface area (TPSA) is 41.6 Å². The van der Waals surface area contributed by atoms with Crippen molar-refractivity contribution in [2.75, 3.05) is 19.6 Å². The van der Waals surface area contributed by atoms with Crippen LogP contribution >= 0.6 is 0 Å². The molecular formula is C18H34N2O2. The van der Waals surface area contributed by atoms with Crippen molar-refractivity contribution in [1.29, 1.82) is 0 Å². The number of carbonyl (C=O) groups excluding carboxylic acids is 1. The summed E-state index contributed by atoms with van der Waals surface area (Å²) in [6.07, 6.45) is 6.15. The van der Waals surface area contributed by atoms with Gasteiger partial charge in [-0.15, -0.1) is 0 Å². The Balaban J connectivity index is 1.80. The highest BCUT2D eigenvalue weighted by Gasteiger charge is 2.41. The molecule has 1 aliphatic heterocycles. The summed E-state index contributed by atoms with van der Waals surface area (Å²) in [4.78, 5) is 14.1. The summed E-state index contributed by atoms with van der Waals surface area (Å²) in [6.45, 7) is 13.1. The van der Waals surface area contributed by atoms with E-state index in [9.17, 15) is 4.79 Å². The predicted octanol–water partition coefficient (Wildman–Crippen LogP) is 3.80. The summed E-state index contributed by atoms with van der Waals surface area (Å²) < 4.78 is 5.51. The molecule has 1 heterocycles. The fourth-order valence-electron chi connectivity index (χ4n) is 3.29. The number of hydrogen-bond donors (Lipinski definition) is 1. The second-order valence-electron chi connectivity index (χ2n) is 8.35. The maximum atomic E-state index is 12.2. The SMILES string of the molecule is CCC1(CNC(C)C2CCCN(C(=O)OC(C)(C)C)C2)CC1. The number of rotatable bonds is 5. The van der Waals surface area contributed by atoms with E-state index >= 15 is 0 Å². The second-order valence-corrected chi connectivity index (χ2v) is 8.35. The summed E-state index contributed by atoms with van der Waals surface area (Å²) in [6, 6.07) is 0.467. The molecule has 1 aliphatic carbocycles. The summed E-state index contributed by atoms with van der Waals surface area (Å²) in [7, 11) is 0. The molecule has 1 saturated heterocycles. The van der Waals surface area contributed by atoms with Gasteiger partial charge in [0.05, 0.1) is 0 Å². The van der Waals surface area contributed by atoms with Crippen LogP contribution in [0.25, 0.3) is 0 Å². The van der Waals surface area contributed by atoms with Crippen molar-refractivity contribution in [2.45, 2.75) is 78.4 Å². The van der Waals surface area contributed by atoms with Gasteiger partial charge in [-0.2, -0.15) is 0 Å². The molecule has 2 aliphatic rings. The lowest BCUT2D eigenvalue weighted by Crippen LogP contribution is -2.48. The Kier molecular flexibility index (Phi) is 5.41. The van der Waals surface area contributed by atoms with Crippen molar-refractivity contribution < 1.29 is 9.53 Å². The number of ether oxygens (including phenoxy) is 1. The molecule has 0 aromatic rings. The van der Waals surface area contributed by atoms with Gasteiger partial charge in [0.25, 0.3) is 0 Å². The zero-order valence-electron chi connectivity index (χ0n) is 15.1. The van der Waals surface area contributed by atoms with E-state index in [1.54, 1.807) is 0 Å². The van der Waals surface area contributed by atoms with Gasteiger partial charge in [-0.05, 0) is 71.1 Å². The Hall–Kier alpha value is -0.770. The molecule has 2 rings (SSSR count). The number of amides is 1. The van der Waals surface area contributed by atoms with E-state index in [0.29, 0.717) is 17.4 Å². The molecule has 4 nitrogen and oxygen atoms in total. The third kappa shape index (κ3) is 4.87. The van der Waals surface area contributed by atoms with Gasteiger partial charge >= 0.3 is 6.09 Å². The smallest absolute Gasteiger partial charge is 0.410 e. The van der Waals surface area contributed by atoms with Crippen LogP contribution in [0, 0.1) is 11.3 Å². The molecule has 0 spiro atoms. The van der Waals surface area contributed by atoms with Gasteiger partial charge in [-0.1, -0.05) is 6.92 Å². The van der Waals surface area contributed by atoms with E-state index in [-0.39, 0.29) is 6.09 Å². The van der Waals surface area contributed by atoms with Crippen LogP contribution in [0.1, 0.15) is 66.7 Å². The predicted molar refractivity (Wildman–Crippen MR) is 90.0 cm³/mol. The Morgan fingerprint density at radius 3 is 2.64 bits per heavy atom.